The highest BCUT2D eigenvalue weighted by Gasteiger charge is 2.19. The Kier molecular flexibility index (Phi) is 5.08. The minimum absolute atomic E-state index is 0.316. The molecule has 0 saturated heterocycles. The highest BCUT2D eigenvalue weighted by Crippen LogP contribution is 2.30. The van der Waals surface area contributed by atoms with E-state index in [0.717, 1.165) is 20.8 Å². The molecule has 21 heavy (non-hydrogen) atoms. The average Bonchev–Trinajstić information content (AvgIpc) is 2.71. The van der Waals surface area contributed by atoms with Crippen LogP contribution in [0.25, 0.3) is 0 Å². The zero-order valence-corrected chi connectivity index (χ0v) is 15.3. The molecule has 2 rings (SSSR count). The Morgan fingerprint density at radius 2 is 1.86 bits per heavy atom. The van der Waals surface area contributed by atoms with Gasteiger partial charge >= 0.3 is 0 Å². The number of hydrogen-bond acceptors (Lipinski definition) is 4. The topological polar surface area (TPSA) is 49.4 Å². The second kappa shape index (κ2) is 6.48. The molecule has 2 aromatic rings. The molecule has 0 spiro atoms. The molecule has 114 valence electrons. The lowest BCUT2D eigenvalue weighted by molar-refractivity contribution is 0.402. The highest BCUT2D eigenvalue weighted by molar-refractivity contribution is 9.11. The minimum Gasteiger partial charge on any atom is -0.305 e. The number of sulfonamides is 1. The molecule has 0 fully saturated rings. The van der Waals surface area contributed by atoms with E-state index in [9.17, 15) is 8.42 Å². The fraction of sp³-hybridized carbons (Fsp3) is 0.286. The van der Waals surface area contributed by atoms with Gasteiger partial charge in [-0.2, -0.15) is 0 Å². The van der Waals surface area contributed by atoms with Crippen molar-refractivity contribution in [3.63, 3.8) is 0 Å². The second-order valence-electron chi connectivity index (χ2n) is 5.01. The molecular weight excluding hydrogens is 372 g/mol. The molecule has 1 aromatic heterocycles. The number of benzene rings is 1. The Bertz CT molecular complexity index is 722. The van der Waals surface area contributed by atoms with Gasteiger partial charge in [-0.3, -0.25) is 4.72 Å². The Balaban J connectivity index is 2.19. The molecule has 1 heterocycles. The van der Waals surface area contributed by atoms with Crippen LogP contribution in [0, 0.1) is 6.92 Å². The van der Waals surface area contributed by atoms with Gasteiger partial charge in [0.05, 0.1) is 3.79 Å². The van der Waals surface area contributed by atoms with Crippen LogP contribution in [-0.4, -0.2) is 27.4 Å². The standard InChI is InChI=1S/C14H17BrN2O2S2/c1-10-13(8-14(15)20-10)21(18,19)16-12-6-4-11(5-7-12)9-17(2)3/h4-8,16H,9H2,1-3H3. The van der Waals surface area contributed by atoms with Crippen LogP contribution in [0.1, 0.15) is 10.4 Å². The lowest BCUT2D eigenvalue weighted by atomic mass is 10.2. The fourth-order valence-electron chi connectivity index (χ4n) is 1.95. The van der Waals surface area contributed by atoms with Crippen LogP contribution >= 0.6 is 27.3 Å². The lowest BCUT2D eigenvalue weighted by Crippen LogP contribution is -2.13. The molecule has 1 N–H and O–H groups in total. The van der Waals surface area contributed by atoms with Gasteiger partial charge in [-0.05, 0) is 60.7 Å². The van der Waals surface area contributed by atoms with Crippen molar-refractivity contribution in [1.82, 2.24) is 4.90 Å². The Morgan fingerprint density at radius 1 is 1.24 bits per heavy atom. The summed E-state index contributed by atoms with van der Waals surface area (Å²) in [6.07, 6.45) is 0. The highest BCUT2D eigenvalue weighted by atomic mass is 79.9. The largest absolute Gasteiger partial charge is 0.305 e. The molecule has 0 saturated carbocycles. The van der Waals surface area contributed by atoms with Crippen molar-refractivity contribution in [1.29, 1.82) is 0 Å². The fourth-order valence-corrected chi connectivity index (χ4v) is 5.43. The number of aryl methyl sites for hydroxylation is 1. The predicted octanol–water partition coefficient (Wildman–Crippen LogP) is 3.68. The first-order valence-electron chi connectivity index (χ1n) is 6.30. The quantitative estimate of drug-likeness (QED) is 0.849. The second-order valence-corrected chi connectivity index (χ2v) is 9.30. The normalized spacial score (nSPS) is 11.9. The zero-order valence-electron chi connectivity index (χ0n) is 12.1. The van der Waals surface area contributed by atoms with Crippen LogP contribution in [0.3, 0.4) is 0 Å². The number of nitrogens with zero attached hydrogens (tertiary/aromatic N) is 1. The Morgan fingerprint density at radius 3 is 2.33 bits per heavy atom. The molecule has 0 aliphatic rings. The van der Waals surface area contributed by atoms with Gasteiger partial charge in [0.2, 0.25) is 0 Å². The molecule has 0 atom stereocenters. The van der Waals surface area contributed by atoms with Crippen LogP contribution < -0.4 is 4.72 Å². The molecule has 0 amide bonds. The van der Waals surface area contributed by atoms with Crippen molar-refractivity contribution in [3.8, 4) is 0 Å². The van der Waals surface area contributed by atoms with Crippen molar-refractivity contribution in [3.05, 3.63) is 44.6 Å². The van der Waals surface area contributed by atoms with Crippen LogP contribution in [0.2, 0.25) is 0 Å². The van der Waals surface area contributed by atoms with Gasteiger partial charge in [-0.25, -0.2) is 8.42 Å². The summed E-state index contributed by atoms with van der Waals surface area (Å²) in [5.74, 6) is 0. The van der Waals surface area contributed by atoms with Crippen molar-refractivity contribution in [2.24, 2.45) is 0 Å². The summed E-state index contributed by atoms with van der Waals surface area (Å²) in [6.45, 7) is 2.62. The first-order valence-corrected chi connectivity index (χ1v) is 9.39. The summed E-state index contributed by atoms with van der Waals surface area (Å²) >= 11 is 4.72. The van der Waals surface area contributed by atoms with Gasteiger partial charge in [-0.15, -0.1) is 11.3 Å². The molecule has 0 unspecified atom stereocenters. The summed E-state index contributed by atoms with van der Waals surface area (Å²) in [7, 11) is 0.449. The molecule has 0 aliphatic carbocycles. The van der Waals surface area contributed by atoms with E-state index >= 15 is 0 Å². The number of thiophene rings is 1. The van der Waals surface area contributed by atoms with Crippen molar-refractivity contribution < 1.29 is 8.42 Å². The number of hydrogen-bond donors (Lipinski definition) is 1. The number of rotatable bonds is 5. The van der Waals surface area contributed by atoms with Crippen LogP contribution in [0.5, 0.6) is 0 Å². The number of anilines is 1. The monoisotopic (exact) mass is 388 g/mol. The van der Waals surface area contributed by atoms with E-state index in [2.05, 4.69) is 25.6 Å². The summed E-state index contributed by atoms with van der Waals surface area (Å²) in [5.41, 5.74) is 1.71. The molecule has 4 nitrogen and oxygen atoms in total. The van der Waals surface area contributed by atoms with Gasteiger partial charge < -0.3 is 4.90 Å². The van der Waals surface area contributed by atoms with E-state index in [0.29, 0.717) is 10.6 Å². The zero-order chi connectivity index (χ0) is 15.6. The summed E-state index contributed by atoms with van der Waals surface area (Å²) in [6, 6.07) is 9.05. The Hall–Kier alpha value is -0.890. The molecule has 0 radical (unpaired) electrons. The lowest BCUT2D eigenvalue weighted by Gasteiger charge is -2.11. The first-order chi connectivity index (χ1) is 9.78. The van der Waals surface area contributed by atoms with Crippen molar-refractivity contribution >= 4 is 43.0 Å². The van der Waals surface area contributed by atoms with E-state index in [1.165, 1.54) is 11.3 Å². The minimum atomic E-state index is -3.54. The molecule has 7 heteroatoms. The maximum atomic E-state index is 12.4. The van der Waals surface area contributed by atoms with Crippen LogP contribution in [0.4, 0.5) is 5.69 Å². The predicted molar refractivity (Wildman–Crippen MR) is 91.4 cm³/mol. The summed E-state index contributed by atoms with van der Waals surface area (Å²) < 4.78 is 28.2. The smallest absolute Gasteiger partial charge is 0.263 e. The van der Waals surface area contributed by atoms with E-state index < -0.39 is 10.0 Å². The van der Waals surface area contributed by atoms with Gasteiger partial charge in [0.1, 0.15) is 4.90 Å². The van der Waals surface area contributed by atoms with E-state index in [1.54, 1.807) is 25.1 Å². The van der Waals surface area contributed by atoms with E-state index in [1.807, 2.05) is 26.2 Å². The number of halogens is 1. The molecule has 0 aliphatic heterocycles. The van der Waals surface area contributed by atoms with Gasteiger partial charge in [0.15, 0.2) is 0 Å². The Labute approximate surface area is 138 Å². The average molecular weight is 389 g/mol. The van der Waals surface area contributed by atoms with Crippen molar-refractivity contribution in [2.75, 3.05) is 18.8 Å². The molecular formula is C14H17BrN2O2S2. The third kappa shape index (κ3) is 4.29. The molecule has 1 aromatic carbocycles. The SMILES string of the molecule is Cc1sc(Br)cc1S(=O)(=O)Nc1ccc(CN(C)C)cc1. The summed E-state index contributed by atoms with van der Waals surface area (Å²) in [5, 5.41) is 0. The van der Waals surface area contributed by atoms with Crippen LogP contribution in [0.15, 0.2) is 39.0 Å². The molecule has 0 bridgehead atoms. The third-order valence-corrected chi connectivity index (χ3v) is 6.03. The maximum absolute atomic E-state index is 12.4. The van der Waals surface area contributed by atoms with E-state index in [-0.39, 0.29) is 0 Å². The van der Waals surface area contributed by atoms with Gasteiger partial charge in [0, 0.05) is 17.1 Å². The van der Waals surface area contributed by atoms with Gasteiger partial charge in [-0.1, -0.05) is 12.1 Å². The maximum Gasteiger partial charge on any atom is 0.263 e. The third-order valence-electron chi connectivity index (χ3n) is 2.84. The van der Waals surface area contributed by atoms with Crippen molar-refractivity contribution in [2.45, 2.75) is 18.4 Å². The van der Waals surface area contributed by atoms with Crippen LogP contribution in [-0.2, 0) is 16.6 Å². The number of nitrogens with one attached hydrogen (secondary N) is 1. The summed E-state index contributed by atoms with van der Waals surface area (Å²) in [4.78, 5) is 3.14. The first kappa shape index (κ1) is 16.5. The van der Waals surface area contributed by atoms with Gasteiger partial charge in [0.25, 0.3) is 10.0 Å². The van der Waals surface area contributed by atoms with E-state index in [4.69, 9.17) is 0 Å².